The number of hydrogen-bond acceptors (Lipinski definition) is 2. The first-order chi connectivity index (χ1) is 10.4. The van der Waals surface area contributed by atoms with Crippen LogP contribution in [0.1, 0.15) is 85.9 Å². The highest BCUT2D eigenvalue weighted by atomic mass is 15.2. The Morgan fingerprint density at radius 2 is 1.39 bits per heavy atom. The van der Waals surface area contributed by atoms with E-state index in [0.717, 1.165) is 5.69 Å². The van der Waals surface area contributed by atoms with Crippen LogP contribution in [0.4, 0.5) is 0 Å². The van der Waals surface area contributed by atoms with Crippen LogP contribution in [0.15, 0.2) is 24.7 Å². The van der Waals surface area contributed by atoms with Gasteiger partial charge in [-0.15, -0.1) is 0 Å². The summed E-state index contributed by atoms with van der Waals surface area (Å²) in [5.74, 6) is 1.14. The summed E-state index contributed by atoms with van der Waals surface area (Å²) >= 11 is 0. The third-order valence-corrected chi connectivity index (χ3v) is 2.72. The van der Waals surface area contributed by atoms with Crippen LogP contribution < -0.4 is 0 Å². The van der Waals surface area contributed by atoms with Gasteiger partial charge in [-0.05, 0) is 23.5 Å². The molecule has 0 aromatic carbocycles. The molecule has 2 heterocycles. The van der Waals surface area contributed by atoms with Crippen LogP contribution in [-0.2, 0) is 14.1 Å². The molecule has 4 nitrogen and oxygen atoms in total. The zero-order valence-corrected chi connectivity index (χ0v) is 16.3. The third kappa shape index (κ3) is 11.6. The van der Waals surface area contributed by atoms with Gasteiger partial charge in [-0.1, -0.05) is 62.8 Å². The van der Waals surface area contributed by atoms with Crippen molar-refractivity contribution in [1.29, 1.82) is 0 Å². The Bertz CT molecular complexity index is 423. The largest absolute Gasteiger partial charge is 0.276 e. The number of hydrogen-bond donors (Lipinski definition) is 0. The minimum atomic E-state index is 0. The second kappa shape index (κ2) is 15.3. The summed E-state index contributed by atoms with van der Waals surface area (Å²) in [6, 6.07) is 2.05. The van der Waals surface area contributed by atoms with Crippen molar-refractivity contribution < 1.29 is 0 Å². The minimum Gasteiger partial charge on any atom is -0.276 e. The minimum absolute atomic E-state index is 0. The number of nitrogens with zero attached hydrogens (tertiary/aromatic N) is 4. The van der Waals surface area contributed by atoms with Crippen LogP contribution in [0, 0.1) is 0 Å². The SMILES string of the molecule is C.CC.CC.CC(C)c1ccn(C)n1.CC(C)c1cnn(C)c1. The van der Waals surface area contributed by atoms with Crippen LogP contribution in [0.2, 0.25) is 0 Å². The van der Waals surface area contributed by atoms with Gasteiger partial charge in [0, 0.05) is 26.5 Å². The van der Waals surface area contributed by atoms with Gasteiger partial charge in [0.05, 0.1) is 11.9 Å². The quantitative estimate of drug-likeness (QED) is 0.702. The highest BCUT2D eigenvalue weighted by Crippen LogP contribution is 2.11. The van der Waals surface area contributed by atoms with Gasteiger partial charge in [0.25, 0.3) is 0 Å². The fraction of sp³-hybridized carbons (Fsp3) is 0.684. The summed E-state index contributed by atoms with van der Waals surface area (Å²) in [7, 11) is 3.87. The van der Waals surface area contributed by atoms with Crippen molar-refractivity contribution in [2.75, 3.05) is 0 Å². The zero-order chi connectivity index (χ0) is 17.7. The number of rotatable bonds is 2. The molecule has 0 spiro atoms. The molecule has 0 saturated heterocycles. The van der Waals surface area contributed by atoms with Crippen LogP contribution in [0.25, 0.3) is 0 Å². The first-order valence-electron chi connectivity index (χ1n) is 8.38. The summed E-state index contributed by atoms with van der Waals surface area (Å²) in [5.41, 5.74) is 2.47. The van der Waals surface area contributed by atoms with Crippen LogP contribution >= 0.6 is 0 Å². The molecule has 0 N–H and O–H groups in total. The summed E-state index contributed by atoms with van der Waals surface area (Å²) in [5, 5.41) is 8.28. The Labute approximate surface area is 144 Å². The monoisotopic (exact) mass is 324 g/mol. The number of aromatic nitrogens is 4. The van der Waals surface area contributed by atoms with Crippen molar-refractivity contribution in [3.05, 3.63) is 35.9 Å². The molecule has 2 aromatic rings. The van der Waals surface area contributed by atoms with Crippen LogP contribution in [0.3, 0.4) is 0 Å². The summed E-state index contributed by atoms with van der Waals surface area (Å²) < 4.78 is 3.66. The third-order valence-electron chi connectivity index (χ3n) is 2.72. The predicted octanol–water partition coefficient (Wildman–Crippen LogP) is 5.78. The van der Waals surface area contributed by atoms with Gasteiger partial charge < -0.3 is 0 Å². The normalized spacial score (nSPS) is 8.87. The van der Waals surface area contributed by atoms with Crippen molar-refractivity contribution in [3.63, 3.8) is 0 Å². The van der Waals surface area contributed by atoms with Gasteiger partial charge in [-0.25, -0.2) is 0 Å². The van der Waals surface area contributed by atoms with E-state index in [9.17, 15) is 0 Å². The molecule has 0 atom stereocenters. The zero-order valence-electron chi connectivity index (χ0n) is 16.3. The molecular weight excluding hydrogens is 284 g/mol. The van der Waals surface area contributed by atoms with Crippen molar-refractivity contribution in [1.82, 2.24) is 19.6 Å². The van der Waals surface area contributed by atoms with Gasteiger partial charge in [-0.2, -0.15) is 10.2 Å². The van der Waals surface area contributed by atoms with Crippen molar-refractivity contribution in [2.24, 2.45) is 14.1 Å². The molecule has 0 aliphatic heterocycles. The lowest BCUT2D eigenvalue weighted by molar-refractivity contribution is 0.713. The second-order valence-electron chi connectivity index (χ2n) is 5.17. The molecule has 0 bridgehead atoms. The van der Waals surface area contributed by atoms with E-state index in [1.807, 2.05) is 75.8 Å². The molecule has 0 amide bonds. The topological polar surface area (TPSA) is 35.6 Å². The Morgan fingerprint density at radius 1 is 0.870 bits per heavy atom. The van der Waals surface area contributed by atoms with E-state index >= 15 is 0 Å². The van der Waals surface area contributed by atoms with E-state index in [4.69, 9.17) is 0 Å². The van der Waals surface area contributed by atoms with E-state index in [1.54, 1.807) is 0 Å². The lowest BCUT2D eigenvalue weighted by Gasteiger charge is -1.95. The summed E-state index contributed by atoms with van der Waals surface area (Å²) in [6.45, 7) is 16.6. The van der Waals surface area contributed by atoms with Crippen LogP contribution in [-0.4, -0.2) is 19.6 Å². The van der Waals surface area contributed by atoms with Gasteiger partial charge in [-0.3, -0.25) is 9.36 Å². The molecule has 0 aliphatic carbocycles. The Morgan fingerprint density at radius 3 is 1.57 bits per heavy atom. The van der Waals surface area contributed by atoms with E-state index in [0.29, 0.717) is 11.8 Å². The molecule has 136 valence electrons. The Kier molecular flexibility index (Phi) is 17.5. The van der Waals surface area contributed by atoms with Crippen molar-refractivity contribution in [3.8, 4) is 0 Å². The molecule has 0 saturated carbocycles. The standard InChI is InChI=1S/2C7H12N2.2C2H6.CH4/c1-6(2)7-4-8-9(3)5-7;1-6(2)7-4-5-9(3)8-7;2*1-2;/h2*4-6H,1-3H3;2*1-2H3;1H4. The average molecular weight is 325 g/mol. The fourth-order valence-electron chi connectivity index (χ4n) is 1.48. The first-order valence-corrected chi connectivity index (χ1v) is 8.38. The van der Waals surface area contributed by atoms with E-state index in [1.165, 1.54) is 5.56 Å². The molecule has 0 unspecified atom stereocenters. The number of aryl methyl sites for hydroxylation is 2. The van der Waals surface area contributed by atoms with Crippen molar-refractivity contribution >= 4 is 0 Å². The van der Waals surface area contributed by atoms with Crippen molar-refractivity contribution in [2.45, 2.75) is 74.7 Å². The second-order valence-corrected chi connectivity index (χ2v) is 5.17. The van der Waals surface area contributed by atoms with Gasteiger partial charge in [0.15, 0.2) is 0 Å². The lowest BCUT2D eigenvalue weighted by Crippen LogP contribution is -1.92. The maximum atomic E-state index is 4.23. The molecule has 23 heavy (non-hydrogen) atoms. The summed E-state index contributed by atoms with van der Waals surface area (Å²) in [4.78, 5) is 0. The van der Waals surface area contributed by atoms with Gasteiger partial charge in [0.1, 0.15) is 0 Å². The van der Waals surface area contributed by atoms with Gasteiger partial charge >= 0.3 is 0 Å². The first kappa shape index (κ1) is 26.3. The summed E-state index contributed by atoms with van der Waals surface area (Å²) in [6.07, 6.45) is 5.92. The Balaban J connectivity index is -0.000000276. The maximum Gasteiger partial charge on any atom is 0.0649 e. The molecule has 0 aliphatic rings. The van der Waals surface area contributed by atoms with E-state index in [2.05, 4.69) is 37.9 Å². The molecular formula is C19H40N4. The van der Waals surface area contributed by atoms with E-state index in [-0.39, 0.29) is 7.43 Å². The lowest BCUT2D eigenvalue weighted by atomic mass is 10.1. The predicted molar refractivity (Wildman–Crippen MR) is 104 cm³/mol. The Hall–Kier alpha value is -1.58. The molecule has 4 heteroatoms. The average Bonchev–Trinajstić information content (AvgIpc) is 3.13. The smallest absolute Gasteiger partial charge is 0.0649 e. The molecule has 2 rings (SSSR count). The van der Waals surface area contributed by atoms with Gasteiger partial charge in [0.2, 0.25) is 0 Å². The highest BCUT2D eigenvalue weighted by molar-refractivity contribution is 5.08. The van der Waals surface area contributed by atoms with E-state index < -0.39 is 0 Å². The highest BCUT2D eigenvalue weighted by Gasteiger charge is 1.99. The molecule has 2 aromatic heterocycles. The van der Waals surface area contributed by atoms with Crippen LogP contribution in [0.5, 0.6) is 0 Å². The fourth-order valence-corrected chi connectivity index (χ4v) is 1.48. The maximum absolute atomic E-state index is 4.23. The molecule has 0 fully saturated rings. The molecule has 0 radical (unpaired) electrons.